The number of carbonyl (C=O) groups excluding carboxylic acids is 1. The van der Waals surface area contributed by atoms with Crippen LogP contribution in [-0.4, -0.2) is 35.4 Å². The molecule has 3 rings (SSSR count). The molecule has 1 aliphatic rings. The van der Waals surface area contributed by atoms with Crippen LogP contribution in [0.5, 0.6) is 0 Å². The highest BCUT2D eigenvalue weighted by molar-refractivity contribution is 5.77. The summed E-state index contributed by atoms with van der Waals surface area (Å²) >= 11 is 0. The van der Waals surface area contributed by atoms with Crippen LogP contribution in [0.2, 0.25) is 0 Å². The van der Waals surface area contributed by atoms with Crippen molar-refractivity contribution in [3.8, 4) is 0 Å². The van der Waals surface area contributed by atoms with Gasteiger partial charge in [0.25, 0.3) is 0 Å². The number of hydrogen-bond donors (Lipinski definition) is 1. The van der Waals surface area contributed by atoms with Gasteiger partial charge in [-0.25, -0.2) is 4.39 Å². The number of aromatic nitrogens is 1. The highest BCUT2D eigenvalue weighted by Crippen LogP contribution is 2.21. The van der Waals surface area contributed by atoms with Crippen LogP contribution in [0.3, 0.4) is 0 Å². The van der Waals surface area contributed by atoms with Crippen molar-refractivity contribution in [3.05, 3.63) is 65.7 Å². The number of nitrogens with zero attached hydrogens (tertiary/aromatic N) is 2. The maximum atomic E-state index is 13.2. The molecular weight excluding hydrogens is 317 g/mol. The fourth-order valence-electron chi connectivity index (χ4n) is 3.21. The van der Waals surface area contributed by atoms with Gasteiger partial charge in [0.2, 0.25) is 5.91 Å². The highest BCUT2D eigenvalue weighted by Gasteiger charge is 2.19. The van der Waals surface area contributed by atoms with Crippen molar-refractivity contribution in [2.45, 2.75) is 31.7 Å². The summed E-state index contributed by atoms with van der Waals surface area (Å²) in [5.41, 5.74) is 1.58. The SMILES string of the molecule is O=C(CCN1CCCCC1)NC(c1ccc(F)cc1)c1ccccn1. The van der Waals surface area contributed by atoms with Gasteiger partial charge < -0.3 is 10.2 Å². The molecule has 0 aliphatic carbocycles. The summed E-state index contributed by atoms with van der Waals surface area (Å²) < 4.78 is 13.2. The number of halogens is 1. The van der Waals surface area contributed by atoms with Crippen LogP contribution in [0.1, 0.15) is 43.0 Å². The lowest BCUT2D eigenvalue weighted by molar-refractivity contribution is -0.122. The van der Waals surface area contributed by atoms with Gasteiger partial charge in [-0.1, -0.05) is 24.6 Å². The number of hydrogen-bond acceptors (Lipinski definition) is 3. The Bertz CT molecular complexity index is 669. The summed E-state index contributed by atoms with van der Waals surface area (Å²) in [4.78, 5) is 19.2. The molecule has 1 amide bonds. The molecular formula is C20H24FN3O. The topological polar surface area (TPSA) is 45.2 Å². The number of pyridine rings is 1. The zero-order chi connectivity index (χ0) is 17.5. The summed E-state index contributed by atoms with van der Waals surface area (Å²) in [6.07, 6.45) is 5.88. The first-order valence-corrected chi connectivity index (χ1v) is 8.90. The Hall–Kier alpha value is -2.27. The van der Waals surface area contributed by atoms with E-state index < -0.39 is 0 Å². The van der Waals surface area contributed by atoms with E-state index in [0.29, 0.717) is 6.42 Å². The molecule has 0 spiro atoms. The minimum absolute atomic E-state index is 0.00875. The Morgan fingerprint density at radius 2 is 1.88 bits per heavy atom. The Kier molecular flexibility index (Phi) is 6.12. The molecule has 0 bridgehead atoms. The van der Waals surface area contributed by atoms with Crippen LogP contribution in [0, 0.1) is 5.82 Å². The van der Waals surface area contributed by atoms with Crippen LogP contribution in [-0.2, 0) is 4.79 Å². The lowest BCUT2D eigenvalue weighted by atomic mass is 10.0. The standard InChI is InChI=1S/C20H24FN3O/c21-17-9-7-16(8-10-17)20(18-6-2-3-12-22-18)23-19(25)11-15-24-13-4-1-5-14-24/h2-3,6-10,12,20H,1,4-5,11,13-15H2,(H,23,25). The van der Waals surface area contributed by atoms with Crippen LogP contribution < -0.4 is 5.32 Å². The molecule has 1 aliphatic heterocycles. The second kappa shape index (κ2) is 8.72. The first-order chi connectivity index (χ1) is 12.2. The average molecular weight is 341 g/mol. The van der Waals surface area contributed by atoms with E-state index in [-0.39, 0.29) is 17.8 Å². The van der Waals surface area contributed by atoms with Crippen molar-refractivity contribution in [1.29, 1.82) is 0 Å². The summed E-state index contributed by atoms with van der Waals surface area (Å²) in [6, 6.07) is 11.4. The van der Waals surface area contributed by atoms with Crippen LogP contribution in [0.4, 0.5) is 4.39 Å². The summed E-state index contributed by atoms with van der Waals surface area (Å²) in [6.45, 7) is 2.94. The lowest BCUT2D eigenvalue weighted by Crippen LogP contribution is -2.35. The number of piperidine rings is 1. The van der Waals surface area contributed by atoms with Gasteiger partial charge in [0, 0.05) is 19.2 Å². The van der Waals surface area contributed by atoms with Crippen molar-refractivity contribution in [2.24, 2.45) is 0 Å². The average Bonchev–Trinajstić information content (AvgIpc) is 2.67. The molecule has 0 saturated carbocycles. The van der Waals surface area contributed by atoms with Crippen molar-refractivity contribution in [1.82, 2.24) is 15.2 Å². The lowest BCUT2D eigenvalue weighted by Gasteiger charge is -2.26. The van der Waals surface area contributed by atoms with E-state index in [2.05, 4.69) is 15.2 Å². The van der Waals surface area contributed by atoms with E-state index in [4.69, 9.17) is 0 Å². The minimum Gasteiger partial charge on any atom is -0.344 e. The van der Waals surface area contributed by atoms with Gasteiger partial charge in [0.1, 0.15) is 5.82 Å². The van der Waals surface area contributed by atoms with Gasteiger partial charge in [-0.05, 0) is 55.8 Å². The Balaban J connectivity index is 1.66. The summed E-state index contributed by atoms with van der Waals surface area (Å²) in [7, 11) is 0. The smallest absolute Gasteiger partial charge is 0.222 e. The van der Waals surface area contributed by atoms with Crippen LogP contribution >= 0.6 is 0 Å². The van der Waals surface area contributed by atoms with E-state index in [0.717, 1.165) is 30.9 Å². The second-order valence-electron chi connectivity index (χ2n) is 6.46. The van der Waals surface area contributed by atoms with E-state index in [1.807, 2.05) is 18.2 Å². The number of rotatable bonds is 6. The predicted octanol–water partition coefficient (Wildman–Crippen LogP) is 3.30. The molecule has 1 fully saturated rings. The number of carbonyl (C=O) groups is 1. The normalized spacial score (nSPS) is 16.4. The number of nitrogens with one attached hydrogen (secondary N) is 1. The van der Waals surface area contributed by atoms with E-state index in [1.165, 1.54) is 31.4 Å². The van der Waals surface area contributed by atoms with E-state index in [9.17, 15) is 9.18 Å². The first-order valence-electron chi connectivity index (χ1n) is 8.90. The molecule has 4 nitrogen and oxygen atoms in total. The molecule has 25 heavy (non-hydrogen) atoms. The highest BCUT2D eigenvalue weighted by atomic mass is 19.1. The molecule has 1 aromatic heterocycles. The van der Waals surface area contributed by atoms with Gasteiger partial charge in [-0.2, -0.15) is 0 Å². The molecule has 5 heteroatoms. The van der Waals surface area contributed by atoms with Crippen molar-refractivity contribution in [3.63, 3.8) is 0 Å². The van der Waals surface area contributed by atoms with Gasteiger partial charge in [0.15, 0.2) is 0 Å². The van der Waals surface area contributed by atoms with E-state index >= 15 is 0 Å². The minimum atomic E-state index is -0.365. The molecule has 2 heterocycles. The third kappa shape index (κ3) is 5.10. The van der Waals surface area contributed by atoms with Crippen molar-refractivity contribution < 1.29 is 9.18 Å². The zero-order valence-electron chi connectivity index (χ0n) is 14.3. The zero-order valence-corrected chi connectivity index (χ0v) is 14.3. The van der Waals surface area contributed by atoms with Gasteiger partial charge in [0.05, 0.1) is 11.7 Å². The Morgan fingerprint density at radius 1 is 1.12 bits per heavy atom. The molecule has 132 valence electrons. The third-order valence-corrected chi connectivity index (χ3v) is 4.60. The maximum Gasteiger partial charge on any atom is 0.222 e. The van der Waals surface area contributed by atoms with Crippen molar-refractivity contribution >= 4 is 5.91 Å². The number of benzene rings is 1. The van der Waals surface area contributed by atoms with Gasteiger partial charge in [-0.15, -0.1) is 0 Å². The molecule has 2 aromatic rings. The molecule has 0 radical (unpaired) electrons. The fraction of sp³-hybridized carbons (Fsp3) is 0.400. The maximum absolute atomic E-state index is 13.2. The Labute approximate surface area is 148 Å². The number of likely N-dealkylation sites (tertiary alicyclic amines) is 1. The summed E-state index contributed by atoms with van der Waals surface area (Å²) in [5, 5.41) is 3.06. The first kappa shape index (κ1) is 17.5. The Morgan fingerprint density at radius 3 is 2.56 bits per heavy atom. The number of amides is 1. The van der Waals surface area contributed by atoms with Crippen LogP contribution in [0.25, 0.3) is 0 Å². The summed E-state index contributed by atoms with van der Waals surface area (Å²) in [5.74, 6) is -0.300. The molecule has 1 N–H and O–H groups in total. The second-order valence-corrected chi connectivity index (χ2v) is 6.46. The predicted molar refractivity (Wildman–Crippen MR) is 95.5 cm³/mol. The van der Waals surface area contributed by atoms with Gasteiger partial charge in [-0.3, -0.25) is 9.78 Å². The van der Waals surface area contributed by atoms with Crippen molar-refractivity contribution in [2.75, 3.05) is 19.6 Å². The third-order valence-electron chi connectivity index (χ3n) is 4.60. The molecule has 1 atom stereocenters. The van der Waals surface area contributed by atoms with Gasteiger partial charge >= 0.3 is 0 Å². The van der Waals surface area contributed by atoms with E-state index in [1.54, 1.807) is 18.3 Å². The quantitative estimate of drug-likeness (QED) is 0.877. The molecule has 1 unspecified atom stereocenters. The molecule has 1 aromatic carbocycles. The fourth-order valence-corrected chi connectivity index (χ4v) is 3.21. The molecule has 1 saturated heterocycles. The van der Waals surface area contributed by atoms with Crippen LogP contribution in [0.15, 0.2) is 48.7 Å². The largest absolute Gasteiger partial charge is 0.344 e. The monoisotopic (exact) mass is 341 g/mol.